The number of nitrogens with one attached hydrogen (secondary N) is 1. The van der Waals surface area contributed by atoms with Gasteiger partial charge in [0.05, 0.1) is 11.9 Å². The van der Waals surface area contributed by atoms with Crippen molar-refractivity contribution in [1.29, 1.82) is 0 Å². The van der Waals surface area contributed by atoms with Crippen LogP contribution < -0.4 is 15.1 Å². The van der Waals surface area contributed by atoms with Gasteiger partial charge in [0.1, 0.15) is 12.4 Å². The topological polar surface area (TPSA) is 146 Å². The lowest BCUT2D eigenvalue weighted by atomic mass is 10.0. The van der Waals surface area contributed by atoms with Gasteiger partial charge >= 0.3 is 0 Å². The minimum absolute atomic E-state index is 0.156. The molecule has 0 aliphatic carbocycles. The highest BCUT2D eigenvalue weighted by atomic mass is 16.3. The molecule has 2 aliphatic heterocycles. The largest absolute Gasteiger partial charge is 0.356 e. The van der Waals surface area contributed by atoms with Gasteiger partial charge in [-0.05, 0) is 32.3 Å². The Morgan fingerprint density at radius 2 is 1.92 bits per heavy atom. The van der Waals surface area contributed by atoms with Gasteiger partial charge in [0.25, 0.3) is 5.91 Å². The van der Waals surface area contributed by atoms with Gasteiger partial charge in [-0.15, -0.1) is 0 Å². The maximum atomic E-state index is 12.8. The minimum Gasteiger partial charge on any atom is -0.356 e. The molecular formula is C23H28N10O3. The Morgan fingerprint density at radius 1 is 1.14 bits per heavy atom. The number of aliphatic hydroxyl groups excluding tert-OH is 1. The molecule has 3 aromatic heterocycles. The van der Waals surface area contributed by atoms with E-state index in [1.165, 1.54) is 34.2 Å². The van der Waals surface area contributed by atoms with Crippen LogP contribution in [0, 0.1) is 0 Å². The summed E-state index contributed by atoms with van der Waals surface area (Å²) in [5, 5.41) is 12.9. The molecule has 1 fully saturated rings. The molecule has 13 heteroatoms. The fraction of sp³-hybridized carbons (Fsp3) is 0.435. The van der Waals surface area contributed by atoms with Crippen molar-refractivity contribution >= 4 is 29.4 Å². The Morgan fingerprint density at radius 3 is 2.67 bits per heavy atom. The Balaban J connectivity index is 1.28. The molecule has 0 aromatic carbocycles. The molecule has 3 aromatic rings. The van der Waals surface area contributed by atoms with Gasteiger partial charge in [0, 0.05) is 45.3 Å². The SMILES string of the molecule is C[C@H]1CCCCN1c1ncc(-c2nccc(NC(=O)Cn3cnc4c3C(=O)N(C)C(O)N4C)n2)cn1. The normalized spacial score (nSPS) is 19.9. The van der Waals surface area contributed by atoms with Crippen LogP contribution in [-0.4, -0.2) is 84.3 Å². The number of anilines is 3. The van der Waals surface area contributed by atoms with Crippen molar-refractivity contribution in [3.8, 4) is 11.4 Å². The molecule has 13 nitrogen and oxygen atoms in total. The van der Waals surface area contributed by atoms with Gasteiger partial charge in [0.2, 0.25) is 18.2 Å². The molecule has 2 atom stereocenters. The van der Waals surface area contributed by atoms with E-state index in [2.05, 4.69) is 42.1 Å². The van der Waals surface area contributed by atoms with Crippen LogP contribution in [0.5, 0.6) is 0 Å². The van der Waals surface area contributed by atoms with Crippen molar-refractivity contribution in [2.45, 2.75) is 45.1 Å². The summed E-state index contributed by atoms with van der Waals surface area (Å²) in [6.07, 6.45) is 8.68. The highest BCUT2D eigenvalue weighted by Crippen LogP contribution is 2.27. The van der Waals surface area contributed by atoms with E-state index in [1.807, 2.05) is 0 Å². The van der Waals surface area contributed by atoms with Crippen LogP contribution in [-0.2, 0) is 11.3 Å². The van der Waals surface area contributed by atoms with Gasteiger partial charge in [-0.25, -0.2) is 24.9 Å². The lowest BCUT2D eigenvalue weighted by Crippen LogP contribution is -2.52. The molecule has 36 heavy (non-hydrogen) atoms. The number of hydrogen-bond acceptors (Lipinski definition) is 10. The van der Waals surface area contributed by atoms with Crippen LogP contribution in [0.2, 0.25) is 0 Å². The van der Waals surface area contributed by atoms with E-state index in [4.69, 9.17) is 0 Å². The Hall–Kier alpha value is -4.13. The third kappa shape index (κ3) is 4.33. The highest BCUT2D eigenvalue weighted by Gasteiger charge is 2.36. The Kier molecular flexibility index (Phi) is 6.22. The fourth-order valence-corrected chi connectivity index (χ4v) is 4.49. The van der Waals surface area contributed by atoms with E-state index < -0.39 is 18.2 Å². The minimum atomic E-state index is -1.12. The zero-order chi connectivity index (χ0) is 25.4. The summed E-state index contributed by atoms with van der Waals surface area (Å²) < 4.78 is 1.45. The second-order valence-corrected chi connectivity index (χ2v) is 9.04. The first kappa shape index (κ1) is 23.6. The summed E-state index contributed by atoms with van der Waals surface area (Å²) in [5.74, 6) is 0.882. The maximum absolute atomic E-state index is 12.8. The monoisotopic (exact) mass is 492 g/mol. The predicted octanol–water partition coefficient (Wildman–Crippen LogP) is 0.945. The molecule has 2 aliphatic rings. The average molecular weight is 493 g/mol. The summed E-state index contributed by atoms with van der Waals surface area (Å²) in [5.41, 5.74) is 0.863. The number of aromatic nitrogens is 6. The number of amides is 2. The summed E-state index contributed by atoms with van der Waals surface area (Å²) >= 11 is 0. The van der Waals surface area contributed by atoms with Crippen LogP contribution in [0.15, 0.2) is 31.0 Å². The molecule has 0 saturated carbocycles. The van der Waals surface area contributed by atoms with Crippen LogP contribution >= 0.6 is 0 Å². The Bertz CT molecular complexity index is 1280. The van der Waals surface area contributed by atoms with Gasteiger partial charge in [0.15, 0.2) is 17.3 Å². The molecule has 2 amide bonds. The first-order chi connectivity index (χ1) is 17.3. The van der Waals surface area contributed by atoms with E-state index >= 15 is 0 Å². The van der Waals surface area contributed by atoms with E-state index in [0.29, 0.717) is 35.0 Å². The zero-order valence-corrected chi connectivity index (χ0v) is 20.4. The van der Waals surface area contributed by atoms with Crippen molar-refractivity contribution in [1.82, 2.24) is 34.4 Å². The van der Waals surface area contributed by atoms with Gasteiger partial charge in [-0.2, -0.15) is 0 Å². The summed E-state index contributed by atoms with van der Waals surface area (Å²) in [4.78, 5) is 52.2. The van der Waals surface area contributed by atoms with E-state index in [1.54, 1.807) is 31.7 Å². The predicted molar refractivity (Wildman–Crippen MR) is 131 cm³/mol. The molecule has 0 radical (unpaired) electrons. The third-order valence-electron chi connectivity index (χ3n) is 6.56. The van der Waals surface area contributed by atoms with Crippen molar-refractivity contribution < 1.29 is 14.7 Å². The number of imidazole rings is 1. The van der Waals surface area contributed by atoms with Crippen molar-refractivity contribution in [2.75, 3.05) is 35.8 Å². The zero-order valence-electron chi connectivity index (χ0n) is 20.4. The van der Waals surface area contributed by atoms with Crippen molar-refractivity contribution in [2.24, 2.45) is 0 Å². The third-order valence-corrected chi connectivity index (χ3v) is 6.56. The van der Waals surface area contributed by atoms with Crippen molar-refractivity contribution in [3.63, 3.8) is 0 Å². The quantitative estimate of drug-likeness (QED) is 0.528. The molecular weight excluding hydrogens is 464 g/mol. The van der Waals surface area contributed by atoms with Gasteiger partial charge in [-0.3, -0.25) is 14.5 Å². The Labute approximate surface area is 207 Å². The second-order valence-electron chi connectivity index (χ2n) is 9.04. The fourth-order valence-electron chi connectivity index (χ4n) is 4.49. The lowest BCUT2D eigenvalue weighted by Gasteiger charge is -2.36. The highest BCUT2D eigenvalue weighted by molar-refractivity contribution is 6.00. The lowest BCUT2D eigenvalue weighted by molar-refractivity contribution is -0.116. The molecule has 1 saturated heterocycles. The molecule has 0 spiro atoms. The van der Waals surface area contributed by atoms with Gasteiger partial charge < -0.3 is 24.8 Å². The smallest absolute Gasteiger partial charge is 0.277 e. The standard InChI is InChI=1S/C23H28N10O3/c1-14-6-4-5-9-33(14)22-25-10-15(11-26-22)19-24-8-7-16(29-19)28-17(34)12-32-13-27-20-18(32)21(35)31(3)23(36)30(20)2/h7-8,10-11,13-14,23,36H,4-6,9,12H2,1-3H3,(H,24,28,29,34)/t14-,23?/m0/s1. The molecule has 1 unspecified atom stereocenters. The van der Waals surface area contributed by atoms with Crippen LogP contribution in [0.1, 0.15) is 36.7 Å². The van der Waals surface area contributed by atoms with Crippen LogP contribution in [0.25, 0.3) is 11.4 Å². The van der Waals surface area contributed by atoms with Crippen LogP contribution in [0.3, 0.4) is 0 Å². The summed E-state index contributed by atoms with van der Waals surface area (Å²) in [6, 6.07) is 1.99. The number of aliphatic hydroxyl groups is 1. The number of fused-ring (bicyclic) bond motifs is 1. The summed E-state index contributed by atoms with van der Waals surface area (Å²) in [7, 11) is 3.10. The second kappa shape index (κ2) is 9.49. The molecule has 5 rings (SSSR count). The number of nitrogens with zero attached hydrogens (tertiary/aromatic N) is 9. The summed E-state index contributed by atoms with van der Waals surface area (Å²) in [6.45, 7) is 2.97. The molecule has 188 valence electrons. The van der Waals surface area contributed by atoms with Gasteiger partial charge in [-0.1, -0.05) is 0 Å². The number of hydrogen-bond donors (Lipinski definition) is 2. The molecule has 0 bridgehead atoms. The van der Waals surface area contributed by atoms with E-state index in [-0.39, 0.29) is 12.2 Å². The first-order valence-corrected chi connectivity index (χ1v) is 11.8. The van der Waals surface area contributed by atoms with Crippen molar-refractivity contribution in [3.05, 3.63) is 36.7 Å². The first-order valence-electron chi connectivity index (χ1n) is 11.8. The molecule has 5 heterocycles. The van der Waals surface area contributed by atoms with E-state index in [9.17, 15) is 14.7 Å². The molecule has 2 N–H and O–H groups in total. The average Bonchev–Trinajstić information content (AvgIpc) is 3.30. The number of rotatable bonds is 5. The van der Waals surface area contributed by atoms with E-state index in [0.717, 1.165) is 19.4 Å². The number of piperidine rings is 1. The number of carbonyl (C=O) groups excluding carboxylic acids is 2. The number of carbonyl (C=O) groups is 2. The maximum Gasteiger partial charge on any atom is 0.277 e. The van der Waals surface area contributed by atoms with Crippen LogP contribution in [0.4, 0.5) is 17.6 Å².